The fourth-order valence-corrected chi connectivity index (χ4v) is 2.49. The molecule has 0 saturated heterocycles. The van der Waals surface area contributed by atoms with Gasteiger partial charge in [-0.25, -0.2) is 4.98 Å². The van der Waals surface area contributed by atoms with E-state index in [4.69, 9.17) is 21.1 Å². The fourth-order valence-electron chi connectivity index (χ4n) is 2.32. The van der Waals surface area contributed by atoms with Crippen molar-refractivity contribution in [2.75, 3.05) is 13.2 Å². The largest absolute Gasteiger partial charge is 0.490 e. The van der Waals surface area contributed by atoms with Gasteiger partial charge in [0.25, 0.3) is 0 Å². The van der Waals surface area contributed by atoms with Crippen LogP contribution in [0, 0.1) is 0 Å². The number of fused-ring (bicyclic) bond motifs is 1. The Labute approximate surface area is 134 Å². The lowest BCUT2D eigenvalue weighted by atomic mass is 10.2. The van der Waals surface area contributed by atoms with Crippen molar-refractivity contribution in [3.8, 4) is 22.9 Å². The maximum absolute atomic E-state index is 6.01. The molecule has 1 N–H and O–H groups in total. The van der Waals surface area contributed by atoms with Gasteiger partial charge < -0.3 is 14.5 Å². The van der Waals surface area contributed by atoms with Gasteiger partial charge in [-0.2, -0.15) is 0 Å². The summed E-state index contributed by atoms with van der Waals surface area (Å²) in [5.74, 6) is 2.24. The Morgan fingerprint density at radius 1 is 1.00 bits per heavy atom. The summed E-state index contributed by atoms with van der Waals surface area (Å²) in [5, 5.41) is 0.685. The number of nitrogens with zero attached hydrogens (tertiary/aromatic N) is 1. The average Bonchev–Trinajstić information content (AvgIpc) is 2.92. The minimum atomic E-state index is 0.583. The molecule has 0 aliphatic rings. The minimum Gasteiger partial charge on any atom is -0.490 e. The number of hydrogen-bond acceptors (Lipinski definition) is 3. The van der Waals surface area contributed by atoms with E-state index in [0.29, 0.717) is 18.2 Å². The molecule has 0 atom stereocenters. The molecule has 0 saturated carbocycles. The number of aromatic amines is 1. The smallest absolute Gasteiger partial charge is 0.161 e. The molecule has 5 heteroatoms. The van der Waals surface area contributed by atoms with Gasteiger partial charge in [0.05, 0.1) is 24.2 Å². The number of benzene rings is 2. The molecule has 0 bridgehead atoms. The van der Waals surface area contributed by atoms with Crippen LogP contribution in [-0.4, -0.2) is 23.2 Å². The molecular weight excluding hydrogens is 300 g/mol. The molecule has 2 aromatic carbocycles. The van der Waals surface area contributed by atoms with E-state index >= 15 is 0 Å². The number of imidazole rings is 1. The molecule has 0 radical (unpaired) electrons. The summed E-state index contributed by atoms with van der Waals surface area (Å²) in [6.45, 7) is 5.08. The summed E-state index contributed by atoms with van der Waals surface area (Å²) in [6.07, 6.45) is 0. The molecule has 0 spiro atoms. The lowest BCUT2D eigenvalue weighted by Gasteiger charge is -2.11. The summed E-state index contributed by atoms with van der Waals surface area (Å²) in [6, 6.07) is 11.4. The van der Waals surface area contributed by atoms with E-state index in [1.54, 1.807) is 0 Å². The number of ether oxygens (including phenoxy) is 2. The molecule has 0 aliphatic carbocycles. The van der Waals surface area contributed by atoms with Crippen molar-refractivity contribution >= 4 is 22.6 Å². The number of nitrogens with one attached hydrogen (secondary N) is 1. The van der Waals surface area contributed by atoms with Crippen LogP contribution in [0.2, 0.25) is 5.02 Å². The van der Waals surface area contributed by atoms with Crippen LogP contribution in [-0.2, 0) is 0 Å². The molecule has 0 aliphatic heterocycles. The van der Waals surface area contributed by atoms with Crippen molar-refractivity contribution in [1.82, 2.24) is 9.97 Å². The molecule has 0 fully saturated rings. The van der Waals surface area contributed by atoms with E-state index in [1.165, 1.54) is 0 Å². The number of H-pyrrole nitrogens is 1. The van der Waals surface area contributed by atoms with Crippen molar-refractivity contribution in [3.63, 3.8) is 0 Å². The standard InChI is InChI=1S/C17H17ClN2O2/c1-3-21-15-8-5-11(9-16(15)22-4-2)17-19-13-7-6-12(18)10-14(13)20-17/h5-10H,3-4H2,1-2H3,(H,19,20). The third-order valence-electron chi connectivity index (χ3n) is 3.26. The summed E-state index contributed by atoms with van der Waals surface area (Å²) < 4.78 is 11.2. The van der Waals surface area contributed by atoms with E-state index in [0.717, 1.165) is 33.9 Å². The Bertz CT molecular complexity index is 798. The Kier molecular flexibility index (Phi) is 4.20. The van der Waals surface area contributed by atoms with Gasteiger partial charge in [-0.15, -0.1) is 0 Å². The van der Waals surface area contributed by atoms with Crippen molar-refractivity contribution in [1.29, 1.82) is 0 Å². The van der Waals surface area contributed by atoms with E-state index in [9.17, 15) is 0 Å². The van der Waals surface area contributed by atoms with Crippen LogP contribution in [0.25, 0.3) is 22.4 Å². The third kappa shape index (κ3) is 2.88. The molecule has 114 valence electrons. The molecule has 0 unspecified atom stereocenters. The summed E-state index contributed by atoms with van der Waals surface area (Å²) in [4.78, 5) is 7.87. The first-order valence-electron chi connectivity index (χ1n) is 7.26. The molecule has 0 amide bonds. The fraction of sp³-hybridized carbons (Fsp3) is 0.235. The first kappa shape index (κ1) is 14.7. The van der Waals surface area contributed by atoms with Crippen molar-refractivity contribution in [2.45, 2.75) is 13.8 Å². The highest BCUT2D eigenvalue weighted by atomic mass is 35.5. The molecule has 22 heavy (non-hydrogen) atoms. The van der Waals surface area contributed by atoms with Gasteiger partial charge in [-0.3, -0.25) is 0 Å². The second-order valence-corrected chi connectivity index (χ2v) is 5.21. The summed E-state index contributed by atoms with van der Waals surface area (Å²) >= 11 is 6.01. The lowest BCUT2D eigenvalue weighted by Crippen LogP contribution is -1.98. The Morgan fingerprint density at radius 2 is 1.77 bits per heavy atom. The monoisotopic (exact) mass is 316 g/mol. The number of hydrogen-bond donors (Lipinski definition) is 1. The van der Waals surface area contributed by atoms with Crippen LogP contribution in [0.15, 0.2) is 36.4 Å². The predicted octanol–water partition coefficient (Wildman–Crippen LogP) is 4.68. The van der Waals surface area contributed by atoms with Gasteiger partial charge in [0, 0.05) is 10.6 Å². The highest BCUT2D eigenvalue weighted by Gasteiger charge is 2.10. The second-order valence-electron chi connectivity index (χ2n) is 4.77. The number of halogens is 1. The quantitative estimate of drug-likeness (QED) is 0.743. The van der Waals surface area contributed by atoms with E-state index in [2.05, 4.69) is 9.97 Å². The molecule has 3 aromatic rings. The van der Waals surface area contributed by atoms with Crippen LogP contribution in [0.4, 0.5) is 0 Å². The van der Waals surface area contributed by atoms with Gasteiger partial charge in [-0.05, 0) is 50.2 Å². The SMILES string of the molecule is CCOc1ccc(-c2nc3ccc(Cl)cc3[nH]2)cc1OCC. The van der Waals surface area contributed by atoms with Crippen molar-refractivity contribution < 1.29 is 9.47 Å². The van der Waals surface area contributed by atoms with Crippen LogP contribution >= 0.6 is 11.6 Å². The maximum Gasteiger partial charge on any atom is 0.161 e. The number of rotatable bonds is 5. The lowest BCUT2D eigenvalue weighted by molar-refractivity contribution is 0.288. The zero-order chi connectivity index (χ0) is 15.5. The van der Waals surface area contributed by atoms with Gasteiger partial charge in [0.2, 0.25) is 0 Å². The van der Waals surface area contributed by atoms with Gasteiger partial charge >= 0.3 is 0 Å². The first-order chi connectivity index (χ1) is 10.7. The molecule has 3 rings (SSSR count). The zero-order valence-corrected chi connectivity index (χ0v) is 13.3. The Hall–Kier alpha value is -2.20. The topological polar surface area (TPSA) is 47.1 Å². The summed E-state index contributed by atoms with van der Waals surface area (Å²) in [7, 11) is 0. The van der Waals surface area contributed by atoms with Crippen LogP contribution < -0.4 is 9.47 Å². The molecule has 1 aromatic heterocycles. The van der Waals surface area contributed by atoms with Gasteiger partial charge in [-0.1, -0.05) is 11.6 Å². The van der Waals surface area contributed by atoms with Gasteiger partial charge in [0.1, 0.15) is 5.82 Å². The van der Waals surface area contributed by atoms with Gasteiger partial charge in [0.15, 0.2) is 11.5 Å². The second kappa shape index (κ2) is 6.28. The van der Waals surface area contributed by atoms with Crippen LogP contribution in [0.3, 0.4) is 0 Å². The first-order valence-corrected chi connectivity index (χ1v) is 7.64. The van der Waals surface area contributed by atoms with E-state index in [-0.39, 0.29) is 0 Å². The highest BCUT2D eigenvalue weighted by Crippen LogP contribution is 2.32. The summed E-state index contributed by atoms with van der Waals surface area (Å²) in [5.41, 5.74) is 2.74. The van der Waals surface area contributed by atoms with Crippen molar-refractivity contribution in [2.24, 2.45) is 0 Å². The normalized spacial score (nSPS) is 10.9. The Morgan fingerprint density at radius 3 is 2.55 bits per heavy atom. The highest BCUT2D eigenvalue weighted by molar-refractivity contribution is 6.31. The van der Waals surface area contributed by atoms with Crippen LogP contribution in [0.5, 0.6) is 11.5 Å². The maximum atomic E-state index is 6.01. The van der Waals surface area contributed by atoms with E-state index < -0.39 is 0 Å². The average molecular weight is 317 g/mol. The van der Waals surface area contributed by atoms with Crippen molar-refractivity contribution in [3.05, 3.63) is 41.4 Å². The molecular formula is C17H17ClN2O2. The third-order valence-corrected chi connectivity index (χ3v) is 3.50. The van der Waals surface area contributed by atoms with E-state index in [1.807, 2.05) is 50.2 Å². The Balaban J connectivity index is 2.03. The molecule has 1 heterocycles. The van der Waals surface area contributed by atoms with Crippen LogP contribution in [0.1, 0.15) is 13.8 Å². The molecule has 4 nitrogen and oxygen atoms in total. The zero-order valence-electron chi connectivity index (χ0n) is 12.5. The predicted molar refractivity (Wildman–Crippen MR) is 88.9 cm³/mol. The number of aromatic nitrogens is 2. The minimum absolute atomic E-state index is 0.583.